The van der Waals surface area contributed by atoms with Gasteiger partial charge in [0.2, 0.25) is 6.04 Å². The van der Waals surface area contributed by atoms with Gasteiger partial charge in [-0.1, -0.05) is 13.1 Å². The molecule has 1 fully saturated rings. The van der Waals surface area contributed by atoms with Gasteiger partial charge in [0, 0.05) is 17.9 Å². The minimum atomic E-state index is -1.59. The van der Waals surface area contributed by atoms with Crippen molar-refractivity contribution in [3.8, 4) is 0 Å². The molecule has 86 valence electrons. The quantitative estimate of drug-likeness (QED) is 0.314. The zero-order valence-electron chi connectivity index (χ0n) is 9.57. The standard InChI is InChI=1S/C9H17NO4Si/c1-7(11)14-9(2)6-15(3,4)5-8(9)10(12)13/h8H,5-6H2,1-4H3. The molecule has 0 aromatic rings. The molecule has 1 aliphatic heterocycles. The Bertz CT molecular complexity index is 304. The molecule has 2 atom stereocenters. The van der Waals surface area contributed by atoms with Gasteiger partial charge in [0.25, 0.3) is 0 Å². The van der Waals surface area contributed by atoms with E-state index in [0.29, 0.717) is 12.1 Å². The fourth-order valence-electron chi connectivity index (χ4n) is 2.61. The van der Waals surface area contributed by atoms with Crippen molar-refractivity contribution < 1.29 is 14.5 Å². The van der Waals surface area contributed by atoms with Crippen LogP contribution in [0.4, 0.5) is 0 Å². The maximum absolute atomic E-state index is 11.0. The summed E-state index contributed by atoms with van der Waals surface area (Å²) in [4.78, 5) is 21.6. The largest absolute Gasteiger partial charge is 0.453 e. The second-order valence-corrected chi connectivity index (χ2v) is 10.3. The Kier molecular flexibility index (Phi) is 2.91. The van der Waals surface area contributed by atoms with Crippen LogP contribution in [0.1, 0.15) is 13.8 Å². The Labute approximate surface area is 90.0 Å². The maximum Gasteiger partial charge on any atom is 0.303 e. The Morgan fingerprint density at radius 1 is 1.60 bits per heavy atom. The molecule has 2 unspecified atom stereocenters. The van der Waals surface area contributed by atoms with Crippen LogP contribution < -0.4 is 0 Å². The predicted molar refractivity (Wildman–Crippen MR) is 58.0 cm³/mol. The van der Waals surface area contributed by atoms with E-state index in [4.69, 9.17) is 4.74 Å². The molecule has 0 aromatic carbocycles. The van der Waals surface area contributed by atoms with Crippen LogP contribution >= 0.6 is 0 Å². The van der Waals surface area contributed by atoms with Crippen LogP contribution in [-0.2, 0) is 9.53 Å². The Hall–Kier alpha value is -0.913. The van der Waals surface area contributed by atoms with Gasteiger partial charge in [0.05, 0.1) is 8.07 Å². The molecule has 0 bridgehead atoms. The molecule has 0 amide bonds. The normalized spacial score (nSPS) is 33.7. The number of nitro groups is 1. The van der Waals surface area contributed by atoms with E-state index in [9.17, 15) is 14.9 Å². The number of carbonyl (C=O) groups is 1. The zero-order chi connectivity index (χ0) is 11.9. The van der Waals surface area contributed by atoms with Gasteiger partial charge in [-0.05, 0) is 13.0 Å². The summed E-state index contributed by atoms with van der Waals surface area (Å²) < 4.78 is 5.16. The molecular formula is C9H17NO4Si. The van der Waals surface area contributed by atoms with Crippen molar-refractivity contribution in [1.82, 2.24) is 0 Å². The number of hydrogen-bond donors (Lipinski definition) is 0. The van der Waals surface area contributed by atoms with Crippen molar-refractivity contribution >= 4 is 14.0 Å². The lowest BCUT2D eigenvalue weighted by Gasteiger charge is -2.26. The SMILES string of the molecule is CC(=O)OC1(C)C[Si](C)(C)CC1[N+](=O)[O-]. The van der Waals surface area contributed by atoms with Crippen LogP contribution in [0.15, 0.2) is 0 Å². The highest BCUT2D eigenvalue weighted by Gasteiger charge is 2.57. The minimum Gasteiger partial charge on any atom is -0.453 e. The molecule has 0 N–H and O–H groups in total. The molecule has 0 spiro atoms. The van der Waals surface area contributed by atoms with E-state index in [0.717, 1.165) is 0 Å². The first-order valence-corrected chi connectivity index (χ1v) is 8.41. The number of esters is 1. The molecule has 5 nitrogen and oxygen atoms in total. The molecule has 1 rings (SSSR count). The van der Waals surface area contributed by atoms with Crippen molar-refractivity contribution in [2.24, 2.45) is 0 Å². The molecule has 1 saturated heterocycles. The van der Waals surface area contributed by atoms with Crippen LogP contribution in [0.25, 0.3) is 0 Å². The lowest BCUT2D eigenvalue weighted by Crippen LogP contribution is -2.42. The smallest absolute Gasteiger partial charge is 0.303 e. The molecular weight excluding hydrogens is 214 g/mol. The topological polar surface area (TPSA) is 69.4 Å². The first kappa shape index (κ1) is 12.2. The third-order valence-electron chi connectivity index (χ3n) is 2.91. The van der Waals surface area contributed by atoms with Gasteiger partial charge in [-0.2, -0.15) is 0 Å². The van der Waals surface area contributed by atoms with E-state index in [1.807, 2.05) is 0 Å². The van der Waals surface area contributed by atoms with E-state index < -0.39 is 25.7 Å². The zero-order valence-corrected chi connectivity index (χ0v) is 10.6. The van der Waals surface area contributed by atoms with E-state index in [1.165, 1.54) is 6.92 Å². The van der Waals surface area contributed by atoms with Crippen molar-refractivity contribution in [2.45, 2.75) is 50.7 Å². The van der Waals surface area contributed by atoms with Gasteiger partial charge < -0.3 is 4.74 Å². The summed E-state index contributed by atoms with van der Waals surface area (Å²) in [5, 5.41) is 10.9. The number of ether oxygens (including phenoxy) is 1. The van der Waals surface area contributed by atoms with Crippen molar-refractivity contribution in [2.75, 3.05) is 0 Å². The Morgan fingerprint density at radius 2 is 2.13 bits per heavy atom. The van der Waals surface area contributed by atoms with Crippen LogP contribution in [0, 0.1) is 10.1 Å². The summed E-state index contributed by atoms with van der Waals surface area (Å²) in [6.45, 7) is 7.18. The fraction of sp³-hybridized carbons (Fsp3) is 0.889. The molecule has 6 heteroatoms. The third kappa shape index (κ3) is 2.56. The number of carbonyl (C=O) groups excluding carboxylic acids is 1. The highest BCUT2D eigenvalue weighted by atomic mass is 28.3. The fourth-order valence-corrected chi connectivity index (χ4v) is 6.59. The van der Waals surface area contributed by atoms with E-state index in [2.05, 4.69) is 13.1 Å². The lowest BCUT2D eigenvalue weighted by molar-refractivity contribution is -0.535. The number of hydrogen-bond acceptors (Lipinski definition) is 4. The van der Waals surface area contributed by atoms with Crippen molar-refractivity contribution in [3.05, 3.63) is 10.1 Å². The van der Waals surface area contributed by atoms with Crippen LogP contribution in [-0.4, -0.2) is 30.6 Å². The molecule has 0 aromatic heterocycles. The Balaban J connectivity index is 2.94. The van der Waals surface area contributed by atoms with Crippen molar-refractivity contribution in [1.29, 1.82) is 0 Å². The van der Waals surface area contributed by atoms with Gasteiger partial charge >= 0.3 is 5.97 Å². The summed E-state index contributed by atoms with van der Waals surface area (Å²) in [5.74, 6) is -0.434. The Morgan fingerprint density at radius 3 is 2.53 bits per heavy atom. The molecule has 15 heavy (non-hydrogen) atoms. The maximum atomic E-state index is 11.0. The van der Waals surface area contributed by atoms with Crippen LogP contribution in [0.2, 0.25) is 25.2 Å². The van der Waals surface area contributed by atoms with Gasteiger partial charge in [-0.25, -0.2) is 0 Å². The van der Waals surface area contributed by atoms with Gasteiger partial charge in [0.15, 0.2) is 5.60 Å². The molecule has 0 saturated carbocycles. The third-order valence-corrected chi connectivity index (χ3v) is 6.06. The average molecular weight is 231 g/mol. The first-order chi connectivity index (χ1) is 6.66. The summed E-state index contributed by atoms with van der Waals surface area (Å²) in [5.41, 5.74) is -0.898. The summed E-state index contributed by atoms with van der Waals surface area (Å²) in [6.07, 6.45) is 0. The molecule has 1 aliphatic rings. The highest BCUT2D eigenvalue weighted by molar-refractivity contribution is 6.78. The molecule has 0 radical (unpaired) electrons. The summed E-state index contributed by atoms with van der Waals surface area (Å²) >= 11 is 0. The number of rotatable bonds is 2. The average Bonchev–Trinajstić information content (AvgIpc) is 2.18. The lowest BCUT2D eigenvalue weighted by atomic mass is 10.0. The minimum absolute atomic E-state index is 0.301. The molecule has 1 heterocycles. The van der Waals surface area contributed by atoms with Crippen LogP contribution in [0.5, 0.6) is 0 Å². The highest BCUT2D eigenvalue weighted by Crippen LogP contribution is 2.42. The second kappa shape index (κ2) is 3.59. The van der Waals surface area contributed by atoms with Gasteiger partial charge in [0.1, 0.15) is 0 Å². The van der Waals surface area contributed by atoms with E-state index in [1.54, 1.807) is 6.92 Å². The van der Waals surface area contributed by atoms with Crippen LogP contribution in [0.3, 0.4) is 0 Å². The van der Waals surface area contributed by atoms with Crippen molar-refractivity contribution in [3.63, 3.8) is 0 Å². The summed E-state index contributed by atoms with van der Waals surface area (Å²) in [7, 11) is -1.59. The monoisotopic (exact) mass is 231 g/mol. The van der Waals surface area contributed by atoms with E-state index >= 15 is 0 Å². The number of nitrogens with zero attached hydrogens (tertiary/aromatic N) is 1. The van der Waals surface area contributed by atoms with E-state index in [-0.39, 0.29) is 4.92 Å². The second-order valence-electron chi connectivity index (χ2n) is 5.25. The molecule has 0 aliphatic carbocycles. The predicted octanol–water partition coefficient (Wildman–Crippen LogP) is 1.68. The van der Waals surface area contributed by atoms with Gasteiger partial charge in [-0.3, -0.25) is 14.9 Å². The first-order valence-electron chi connectivity index (χ1n) is 4.99. The summed E-state index contributed by atoms with van der Waals surface area (Å²) in [6, 6.07) is 0.526. The van der Waals surface area contributed by atoms with Gasteiger partial charge in [-0.15, -0.1) is 0 Å².